The second-order valence-electron chi connectivity index (χ2n) is 11.2. The molecule has 2 aliphatic heterocycles. The van der Waals surface area contributed by atoms with Crippen LogP contribution in [0.5, 0.6) is 0 Å². The van der Waals surface area contributed by atoms with Crippen LogP contribution in [0.1, 0.15) is 52.4 Å². The van der Waals surface area contributed by atoms with Crippen LogP contribution in [0, 0.1) is 22.7 Å². The molecule has 2 saturated carbocycles. The summed E-state index contributed by atoms with van der Waals surface area (Å²) in [5.74, 6) is 0.0169. The molecule has 2 aliphatic carbocycles. The molecule has 198 valence electrons. The summed E-state index contributed by atoms with van der Waals surface area (Å²) in [4.78, 5) is 11.9. The molecular formula is C26H40O9. The van der Waals surface area contributed by atoms with Crippen molar-refractivity contribution in [1.29, 1.82) is 0 Å². The van der Waals surface area contributed by atoms with Crippen LogP contribution < -0.4 is 0 Å². The van der Waals surface area contributed by atoms with Gasteiger partial charge >= 0.3 is 5.97 Å². The average molecular weight is 497 g/mol. The van der Waals surface area contributed by atoms with Crippen LogP contribution in [0.4, 0.5) is 0 Å². The zero-order valence-corrected chi connectivity index (χ0v) is 20.6. The van der Waals surface area contributed by atoms with Crippen LogP contribution in [0.2, 0.25) is 0 Å². The van der Waals surface area contributed by atoms with Gasteiger partial charge in [-0.1, -0.05) is 26.0 Å². The molecule has 0 aromatic rings. The molecule has 2 heterocycles. The molecule has 0 aromatic heterocycles. The topological polar surface area (TPSA) is 146 Å². The van der Waals surface area contributed by atoms with E-state index in [-0.39, 0.29) is 29.8 Å². The van der Waals surface area contributed by atoms with Gasteiger partial charge < -0.3 is 39.7 Å². The van der Waals surface area contributed by atoms with E-state index >= 15 is 0 Å². The van der Waals surface area contributed by atoms with Crippen molar-refractivity contribution in [3.8, 4) is 0 Å². The lowest BCUT2D eigenvalue weighted by atomic mass is 9.46. The van der Waals surface area contributed by atoms with Crippen molar-refractivity contribution in [3.05, 3.63) is 23.8 Å². The number of ether oxygens (including phenoxy) is 3. The number of aliphatic hydroxyl groups is 5. The lowest BCUT2D eigenvalue weighted by molar-refractivity contribution is -0.313. The van der Waals surface area contributed by atoms with Crippen molar-refractivity contribution in [2.75, 3.05) is 19.8 Å². The number of esters is 1. The third kappa shape index (κ3) is 4.72. The van der Waals surface area contributed by atoms with E-state index in [4.69, 9.17) is 14.2 Å². The van der Waals surface area contributed by atoms with Gasteiger partial charge in [0.2, 0.25) is 0 Å². The number of hydrogen-bond donors (Lipinski definition) is 5. The average Bonchev–Trinajstić information content (AvgIpc) is 3.24. The molecule has 9 heteroatoms. The molecule has 0 amide bonds. The highest BCUT2D eigenvalue weighted by Gasteiger charge is 2.58. The highest BCUT2D eigenvalue weighted by Crippen LogP contribution is 2.62. The summed E-state index contributed by atoms with van der Waals surface area (Å²) < 4.78 is 16.5. The number of carbonyl (C=O) groups excluding carboxylic acids is 1. The Morgan fingerprint density at radius 2 is 1.89 bits per heavy atom. The highest BCUT2D eigenvalue weighted by molar-refractivity contribution is 5.90. The maximum Gasteiger partial charge on any atom is 0.334 e. The van der Waals surface area contributed by atoms with Crippen LogP contribution in [0.15, 0.2) is 23.8 Å². The fourth-order valence-electron chi connectivity index (χ4n) is 7.08. The molecular weight excluding hydrogens is 456 g/mol. The predicted molar refractivity (Wildman–Crippen MR) is 125 cm³/mol. The van der Waals surface area contributed by atoms with E-state index in [1.54, 1.807) is 0 Å². The third-order valence-electron chi connectivity index (χ3n) is 9.27. The van der Waals surface area contributed by atoms with Crippen LogP contribution in [0.25, 0.3) is 0 Å². The van der Waals surface area contributed by atoms with Crippen molar-refractivity contribution < 1.29 is 44.5 Å². The van der Waals surface area contributed by atoms with Gasteiger partial charge in [0.05, 0.1) is 19.3 Å². The Hall–Kier alpha value is -1.33. The number of carbonyl (C=O) groups is 1. The van der Waals surface area contributed by atoms with E-state index in [0.29, 0.717) is 25.0 Å². The van der Waals surface area contributed by atoms with E-state index in [1.165, 1.54) is 5.57 Å². The molecule has 1 saturated heterocycles. The monoisotopic (exact) mass is 496 g/mol. The first-order valence-corrected chi connectivity index (χ1v) is 12.7. The summed E-state index contributed by atoms with van der Waals surface area (Å²) in [5.41, 5.74) is 1.07. The maximum absolute atomic E-state index is 11.9. The molecule has 0 aromatic carbocycles. The largest absolute Gasteiger partial charge is 0.458 e. The van der Waals surface area contributed by atoms with Gasteiger partial charge in [-0.15, -0.1) is 0 Å². The van der Waals surface area contributed by atoms with Crippen LogP contribution in [-0.4, -0.2) is 88.1 Å². The number of allylic oxidation sites excluding steroid dienone is 1. The van der Waals surface area contributed by atoms with Crippen molar-refractivity contribution >= 4 is 5.97 Å². The van der Waals surface area contributed by atoms with E-state index in [1.807, 2.05) is 13.0 Å². The van der Waals surface area contributed by atoms with Crippen LogP contribution >= 0.6 is 0 Å². The maximum atomic E-state index is 11.9. The minimum Gasteiger partial charge on any atom is -0.458 e. The highest BCUT2D eigenvalue weighted by atomic mass is 16.7. The van der Waals surface area contributed by atoms with Crippen molar-refractivity contribution in [2.45, 2.75) is 89.2 Å². The summed E-state index contributed by atoms with van der Waals surface area (Å²) in [7, 11) is 0. The molecule has 5 N–H and O–H groups in total. The fraction of sp³-hybridized carbons (Fsp3) is 0.808. The number of cyclic esters (lactones) is 1. The fourth-order valence-corrected chi connectivity index (χ4v) is 7.08. The van der Waals surface area contributed by atoms with Gasteiger partial charge in [-0.2, -0.15) is 0 Å². The number of rotatable bonds is 7. The predicted octanol–water partition coefficient (Wildman–Crippen LogP) is 0.816. The van der Waals surface area contributed by atoms with Crippen molar-refractivity contribution in [2.24, 2.45) is 22.7 Å². The first-order valence-electron chi connectivity index (χ1n) is 12.7. The standard InChI is InChI=1S/C26H40O9/c1-14-4-7-18-25(2,16(14)6-5-15-9-11-33-23(15)32)10-8-19(28)26(18,3)13-34-24-22(31)21(30)20(29)17(12-27)35-24/h9,16-22,24,27-31H,1,4-8,10-13H2,2-3H3/t16-,17-,18+,19-,20-,21+,22-,24-,25+,26-/m1/s1. The normalized spacial score (nSPS) is 46.2. The number of fused-ring (bicyclic) bond motifs is 1. The molecule has 0 spiro atoms. The third-order valence-corrected chi connectivity index (χ3v) is 9.27. The Labute approximate surface area is 206 Å². The van der Waals surface area contributed by atoms with Crippen molar-refractivity contribution in [3.63, 3.8) is 0 Å². The van der Waals surface area contributed by atoms with Crippen LogP contribution in [0.3, 0.4) is 0 Å². The smallest absolute Gasteiger partial charge is 0.334 e. The van der Waals surface area contributed by atoms with Gasteiger partial charge in [0.1, 0.15) is 31.0 Å². The van der Waals surface area contributed by atoms with Gasteiger partial charge in [-0.3, -0.25) is 0 Å². The minimum atomic E-state index is -1.51. The van der Waals surface area contributed by atoms with Crippen molar-refractivity contribution in [1.82, 2.24) is 0 Å². The molecule has 0 bridgehead atoms. The summed E-state index contributed by atoms with van der Waals surface area (Å²) in [6.45, 7) is 8.48. The zero-order valence-electron chi connectivity index (χ0n) is 20.6. The van der Waals surface area contributed by atoms with Gasteiger partial charge in [0, 0.05) is 11.0 Å². The number of aliphatic hydroxyl groups excluding tert-OH is 5. The van der Waals surface area contributed by atoms with Gasteiger partial charge in [0.25, 0.3) is 0 Å². The lowest BCUT2D eigenvalue weighted by Gasteiger charge is -2.60. The molecule has 4 rings (SSSR count). The first kappa shape index (κ1) is 26.7. The SMILES string of the molecule is C=C1CC[C@@H]2[C@@](C)(CO[C@@H]3O[C@H](CO)[C@@H](O)[C@H](O)[C@H]3O)[C@H](O)CC[C@@]2(C)[C@@H]1CCC1=CCOC1=O. The number of hydrogen-bond acceptors (Lipinski definition) is 9. The van der Waals surface area contributed by atoms with E-state index in [0.717, 1.165) is 25.7 Å². The molecule has 10 atom stereocenters. The molecule has 3 fully saturated rings. The molecule has 0 radical (unpaired) electrons. The molecule has 0 unspecified atom stereocenters. The summed E-state index contributed by atoms with van der Waals surface area (Å²) >= 11 is 0. The quantitative estimate of drug-likeness (QED) is 0.255. The summed E-state index contributed by atoms with van der Waals surface area (Å²) in [6.07, 6.45) is -1.06. The van der Waals surface area contributed by atoms with Gasteiger partial charge in [-0.05, 0) is 61.9 Å². The summed E-state index contributed by atoms with van der Waals surface area (Å²) in [6, 6.07) is 0. The molecule has 9 nitrogen and oxygen atoms in total. The molecule has 4 aliphatic rings. The lowest BCUT2D eigenvalue weighted by Crippen LogP contribution is -2.61. The van der Waals surface area contributed by atoms with E-state index in [2.05, 4.69) is 13.5 Å². The van der Waals surface area contributed by atoms with Crippen LogP contribution in [-0.2, 0) is 19.0 Å². The van der Waals surface area contributed by atoms with E-state index < -0.39 is 48.8 Å². The zero-order chi connectivity index (χ0) is 25.5. The van der Waals surface area contributed by atoms with E-state index in [9.17, 15) is 30.3 Å². The first-order chi connectivity index (χ1) is 16.5. The van der Waals surface area contributed by atoms with Gasteiger partial charge in [0.15, 0.2) is 6.29 Å². The minimum absolute atomic E-state index is 0.0772. The van der Waals surface area contributed by atoms with Gasteiger partial charge in [-0.25, -0.2) is 4.79 Å². The Kier molecular flexibility index (Phi) is 7.79. The Balaban J connectivity index is 1.50. The Morgan fingerprint density at radius 3 is 2.54 bits per heavy atom. The molecule has 35 heavy (non-hydrogen) atoms. The summed E-state index contributed by atoms with van der Waals surface area (Å²) in [5, 5.41) is 51.2. The Morgan fingerprint density at radius 1 is 1.14 bits per heavy atom. The second kappa shape index (κ2) is 10.2. The second-order valence-corrected chi connectivity index (χ2v) is 11.2. The Bertz CT molecular complexity index is 841.